The van der Waals surface area contributed by atoms with Crippen LogP contribution in [-0.4, -0.2) is 162 Å². The maximum atomic E-state index is 12.6. The van der Waals surface area contributed by atoms with Crippen LogP contribution in [0.5, 0.6) is 0 Å². The monoisotopic (exact) mass is 898 g/mol. The van der Waals surface area contributed by atoms with Crippen LogP contribution < -0.4 is 15.1 Å². The number of anilines is 2. The Hall–Kier alpha value is -2.98. The summed E-state index contributed by atoms with van der Waals surface area (Å²) in [5.41, 5.74) is 4.62. The minimum atomic E-state index is -5.63. The third-order valence-corrected chi connectivity index (χ3v) is 10.4. The van der Waals surface area contributed by atoms with Gasteiger partial charge in [0.25, 0.3) is 0 Å². The Bertz CT molecular complexity index is 1590. The second kappa shape index (κ2) is 22.2. The van der Waals surface area contributed by atoms with Crippen LogP contribution in [-0.2, 0) is 27.3 Å². The summed E-state index contributed by atoms with van der Waals surface area (Å²) in [5.74, 6) is 0. The van der Waals surface area contributed by atoms with Crippen molar-refractivity contribution in [3.8, 4) is 0 Å². The van der Waals surface area contributed by atoms with E-state index >= 15 is 0 Å². The maximum absolute atomic E-state index is 12.6. The van der Waals surface area contributed by atoms with E-state index in [4.69, 9.17) is 37.8 Å². The topological polar surface area (TPSA) is 93.2 Å². The predicted molar refractivity (Wildman–Crippen MR) is 204 cm³/mol. The van der Waals surface area contributed by atoms with E-state index in [0.29, 0.717) is 51.0 Å². The molecule has 22 heteroatoms. The molecule has 334 valence electrons. The zero-order chi connectivity index (χ0) is 43.4. The molecule has 0 radical (unpaired) electrons. The first kappa shape index (κ1) is 48.7. The number of ether oxygens (including phenoxy) is 3. The number of carbonyl (C=O) groups excluding carboxylic acids is 1. The summed E-state index contributed by atoms with van der Waals surface area (Å²) >= 11 is 12.9. The van der Waals surface area contributed by atoms with Crippen molar-refractivity contribution in [1.29, 1.82) is 0 Å². The molecular weight excluding hydrogens is 850 g/mol. The highest BCUT2D eigenvalue weighted by Crippen LogP contribution is 2.34. The first-order valence-corrected chi connectivity index (χ1v) is 19.7. The Morgan fingerprint density at radius 3 is 1.46 bits per heavy atom. The molecule has 0 aromatic heterocycles. The van der Waals surface area contributed by atoms with E-state index in [2.05, 4.69) is 41.8 Å². The van der Waals surface area contributed by atoms with E-state index in [1.54, 1.807) is 0 Å². The summed E-state index contributed by atoms with van der Waals surface area (Å²) in [6, 6.07) is 12.1. The zero-order valence-electron chi connectivity index (χ0n) is 32.3. The molecule has 0 saturated carbocycles. The molecule has 6 rings (SSSR count). The maximum Gasteiger partial charge on any atom is 0.425 e. The molecule has 0 aliphatic carbocycles. The quantitative estimate of drug-likeness (QED) is 0.303. The van der Waals surface area contributed by atoms with Crippen LogP contribution in [0.4, 0.5) is 55.7 Å². The smallest absolute Gasteiger partial charge is 0.425 e. The number of aliphatic hydroxyl groups is 1. The Kier molecular flexibility index (Phi) is 18.3. The second-order valence-electron chi connectivity index (χ2n) is 14.0. The lowest BCUT2D eigenvalue weighted by Crippen LogP contribution is -2.49. The molecule has 1 atom stereocenters. The van der Waals surface area contributed by atoms with Crippen molar-refractivity contribution in [2.24, 2.45) is 0 Å². The van der Waals surface area contributed by atoms with Gasteiger partial charge in [0.2, 0.25) is 6.10 Å². The lowest BCUT2D eigenvalue weighted by atomic mass is 10.1. The third-order valence-electron chi connectivity index (χ3n) is 9.78. The minimum absolute atomic E-state index is 0.316. The fourth-order valence-electron chi connectivity index (χ4n) is 6.58. The number of hydrogen-bond donors (Lipinski definition) is 2. The second-order valence-corrected chi connectivity index (χ2v) is 14.9. The lowest BCUT2D eigenvalue weighted by molar-refractivity contribution is -0.308. The molecule has 4 aliphatic rings. The number of aliphatic hydroxyl groups excluding tert-OH is 1. The molecule has 4 fully saturated rings. The number of carbonyl (C=O) groups is 1. The number of nitrogens with zero attached hydrogens (tertiary/aromatic N) is 5. The van der Waals surface area contributed by atoms with Crippen molar-refractivity contribution < 1.29 is 63.6 Å². The van der Waals surface area contributed by atoms with Gasteiger partial charge in [0.1, 0.15) is 0 Å². The van der Waals surface area contributed by atoms with Gasteiger partial charge in [0, 0.05) is 91.6 Å². The van der Waals surface area contributed by atoms with Crippen molar-refractivity contribution >= 4 is 40.7 Å². The van der Waals surface area contributed by atoms with Gasteiger partial charge in [-0.1, -0.05) is 47.5 Å². The van der Waals surface area contributed by atoms with E-state index in [1.165, 1.54) is 16.2 Å². The average Bonchev–Trinajstić information content (AvgIpc) is 3.18. The molecule has 4 saturated heterocycles. The number of halogens is 11. The van der Waals surface area contributed by atoms with Gasteiger partial charge in [0.15, 0.2) is 6.10 Å². The molecule has 0 spiro atoms. The summed E-state index contributed by atoms with van der Waals surface area (Å²) < 4.78 is 119. The molecule has 4 aliphatic heterocycles. The number of para-hydroxylation sites is 2. The predicted octanol–water partition coefficient (Wildman–Crippen LogP) is 6.44. The molecule has 1 amide bonds. The molecule has 2 aromatic carbocycles. The van der Waals surface area contributed by atoms with Crippen molar-refractivity contribution in [2.75, 3.05) is 115 Å². The van der Waals surface area contributed by atoms with Crippen LogP contribution in [0.3, 0.4) is 0 Å². The highest BCUT2D eigenvalue weighted by Gasteiger charge is 2.55. The van der Waals surface area contributed by atoms with Gasteiger partial charge in [-0.3, -0.25) is 9.80 Å². The molecule has 2 aromatic rings. The number of amides is 1. The normalized spacial score (nSPS) is 19.4. The van der Waals surface area contributed by atoms with Gasteiger partial charge in [-0.25, -0.2) is 4.79 Å². The standard InChI is InChI=1S/C19H25ClF3N3O3.C15H22ClN3O.C3H2F6O/c1-14(19(21,22)23)29-18(27)26-7-5-24(6-8-26)13-15-3-2-4-16(20)17(15)25-9-11-28-12-10-25;16-14-3-1-2-13(12-18-6-4-17-5-7-18)15(14)19-8-10-20-11-9-19;4-2(5,6)1(10)3(7,8)9/h2-4,14H,5-13H2,1H3;1-3,17H,4-12H2;1,10H. The summed E-state index contributed by atoms with van der Waals surface area (Å²) in [5, 5.41) is 12.4. The van der Waals surface area contributed by atoms with Gasteiger partial charge in [-0.05, 0) is 30.2 Å². The summed E-state index contributed by atoms with van der Waals surface area (Å²) in [6.07, 6.45) is -23.1. The van der Waals surface area contributed by atoms with Crippen LogP contribution >= 0.6 is 23.2 Å². The summed E-state index contributed by atoms with van der Waals surface area (Å²) in [6.45, 7) is 14.8. The molecule has 4 heterocycles. The Morgan fingerprint density at radius 1 is 0.678 bits per heavy atom. The largest absolute Gasteiger partial charge is 0.437 e. The summed E-state index contributed by atoms with van der Waals surface area (Å²) in [7, 11) is 0. The number of piperazine rings is 2. The van der Waals surface area contributed by atoms with Crippen molar-refractivity contribution in [3.63, 3.8) is 0 Å². The van der Waals surface area contributed by atoms with Gasteiger partial charge in [-0.15, -0.1) is 0 Å². The van der Waals surface area contributed by atoms with Gasteiger partial charge in [0.05, 0.1) is 47.8 Å². The van der Waals surface area contributed by atoms with Gasteiger partial charge < -0.3 is 39.3 Å². The summed E-state index contributed by atoms with van der Waals surface area (Å²) in [4.78, 5) is 22.5. The van der Waals surface area contributed by atoms with Crippen molar-refractivity contribution in [3.05, 3.63) is 57.6 Å². The number of benzene rings is 2. The van der Waals surface area contributed by atoms with Crippen LogP contribution in [0.2, 0.25) is 10.0 Å². The Morgan fingerprint density at radius 2 is 1.08 bits per heavy atom. The van der Waals surface area contributed by atoms with Crippen LogP contribution in [0.25, 0.3) is 0 Å². The van der Waals surface area contributed by atoms with Gasteiger partial charge in [-0.2, -0.15) is 39.5 Å². The van der Waals surface area contributed by atoms with E-state index in [0.717, 1.165) is 95.3 Å². The molecule has 11 nitrogen and oxygen atoms in total. The van der Waals surface area contributed by atoms with E-state index in [1.807, 2.05) is 24.3 Å². The minimum Gasteiger partial charge on any atom is -0.437 e. The first-order valence-electron chi connectivity index (χ1n) is 18.9. The van der Waals surface area contributed by atoms with Crippen molar-refractivity contribution in [1.82, 2.24) is 20.0 Å². The number of morpholine rings is 2. The zero-order valence-corrected chi connectivity index (χ0v) is 33.8. The van der Waals surface area contributed by atoms with E-state index in [9.17, 15) is 44.3 Å². The Labute approximate surface area is 346 Å². The fraction of sp³-hybridized carbons (Fsp3) is 0.649. The molecule has 1 unspecified atom stereocenters. The lowest BCUT2D eigenvalue weighted by Gasteiger charge is -2.36. The highest BCUT2D eigenvalue weighted by atomic mass is 35.5. The molecule has 59 heavy (non-hydrogen) atoms. The van der Waals surface area contributed by atoms with E-state index in [-0.39, 0.29) is 0 Å². The average molecular weight is 900 g/mol. The SMILES string of the molecule is CC(OC(=O)N1CCN(Cc2cccc(Cl)c2N2CCOCC2)CC1)C(F)(F)F.Clc1cccc(CN2CCNCC2)c1N1CCOCC1.OC(C(F)(F)F)C(F)(F)F. The first-order chi connectivity index (χ1) is 27.8. The molecule has 0 bridgehead atoms. The van der Waals surface area contributed by atoms with Gasteiger partial charge >= 0.3 is 24.6 Å². The van der Waals surface area contributed by atoms with Crippen LogP contribution in [0.15, 0.2) is 36.4 Å². The van der Waals surface area contributed by atoms with Crippen LogP contribution in [0.1, 0.15) is 18.1 Å². The van der Waals surface area contributed by atoms with Crippen LogP contribution in [0, 0.1) is 0 Å². The number of hydrogen-bond acceptors (Lipinski definition) is 10. The highest BCUT2D eigenvalue weighted by molar-refractivity contribution is 6.33. The van der Waals surface area contributed by atoms with E-state index < -0.39 is 36.8 Å². The third kappa shape index (κ3) is 15.2. The number of alkyl halides is 9. The number of nitrogens with one attached hydrogen (secondary N) is 1. The Balaban J connectivity index is 0.000000221. The molecule has 2 N–H and O–H groups in total. The molecular formula is C37H49Cl2F9N6O5. The fourth-order valence-corrected chi connectivity index (χ4v) is 7.20. The number of rotatable bonds is 7. The van der Waals surface area contributed by atoms with Crippen molar-refractivity contribution in [2.45, 2.75) is 50.8 Å².